The van der Waals surface area contributed by atoms with Crippen molar-refractivity contribution >= 4 is 17.9 Å². The van der Waals surface area contributed by atoms with Gasteiger partial charge in [0.1, 0.15) is 0 Å². The minimum Gasteiger partial charge on any atom is -0.310 e. The molecule has 0 N–H and O–H groups in total. The first-order valence-electron chi connectivity index (χ1n) is 9.00. The molecule has 7 heteroatoms. The van der Waals surface area contributed by atoms with Crippen molar-refractivity contribution in [3.05, 3.63) is 59.9 Å². The molecule has 1 aromatic rings. The highest BCUT2D eigenvalue weighted by atomic mass is 16.2. The summed E-state index contributed by atoms with van der Waals surface area (Å²) in [5, 5.41) is 0. The van der Waals surface area contributed by atoms with Gasteiger partial charge in [0.25, 0.3) is 5.91 Å². The first-order chi connectivity index (χ1) is 13.0. The molecule has 3 heterocycles. The number of carbonyl (C=O) groups is 2. The number of rotatable bonds is 4. The number of amides is 3. The van der Waals surface area contributed by atoms with Gasteiger partial charge in [0, 0.05) is 25.0 Å². The van der Waals surface area contributed by atoms with Crippen LogP contribution in [0.1, 0.15) is 19.4 Å². The van der Waals surface area contributed by atoms with Crippen LogP contribution in [0.15, 0.2) is 59.4 Å². The number of aliphatic imine (C=N–C) groups is 1. The monoisotopic (exact) mass is 365 g/mol. The lowest BCUT2D eigenvalue weighted by molar-refractivity contribution is -0.136. The SMILES string of the molecule is C=CCN1C(=O)C2C(N=C3N(Cc4ccccc4)C(C)=C(C)N32)N(C)C1=O. The normalized spacial score (nSPS) is 24.5. The van der Waals surface area contributed by atoms with Crippen LogP contribution in [0.2, 0.25) is 0 Å². The molecule has 2 unspecified atom stereocenters. The van der Waals surface area contributed by atoms with Crippen LogP contribution in [0.4, 0.5) is 4.79 Å². The maximum atomic E-state index is 13.1. The van der Waals surface area contributed by atoms with Crippen molar-refractivity contribution in [2.24, 2.45) is 4.99 Å². The van der Waals surface area contributed by atoms with Crippen LogP contribution in [0.25, 0.3) is 0 Å². The number of allylic oxidation sites excluding steroid dienone is 2. The number of urea groups is 1. The van der Waals surface area contributed by atoms with E-state index in [1.807, 2.05) is 36.9 Å². The molecule has 2 atom stereocenters. The summed E-state index contributed by atoms with van der Waals surface area (Å²) in [6.07, 6.45) is 1.06. The smallest absolute Gasteiger partial charge is 0.310 e. The van der Waals surface area contributed by atoms with Crippen LogP contribution in [-0.2, 0) is 11.3 Å². The van der Waals surface area contributed by atoms with Crippen molar-refractivity contribution < 1.29 is 9.59 Å². The Bertz CT molecular complexity index is 876. The van der Waals surface area contributed by atoms with Gasteiger partial charge in [0.2, 0.25) is 5.96 Å². The number of nitrogens with zero attached hydrogens (tertiary/aromatic N) is 5. The summed E-state index contributed by atoms with van der Waals surface area (Å²) in [5.41, 5.74) is 3.22. The van der Waals surface area contributed by atoms with E-state index in [9.17, 15) is 9.59 Å². The van der Waals surface area contributed by atoms with Crippen LogP contribution < -0.4 is 0 Å². The van der Waals surface area contributed by atoms with Crippen molar-refractivity contribution in [2.45, 2.75) is 32.6 Å². The van der Waals surface area contributed by atoms with Crippen molar-refractivity contribution in [1.29, 1.82) is 0 Å². The van der Waals surface area contributed by atoms with E-state index in [2.05, 4.69) is 23.6 Å². The number of hydrogen-bond acceptors (Lipinski definition) is 5. The molecule has 3 amide bonds. The highest BCUT2D eigenvalue weighted by Gasteiger charge is 2.55. The Morgan fingerprint density at radius 3 is 2.48 bits per heavy atom. The van der Waals surface area contributed by atoms with Crippen LogP contribution >= 0.6 is 0 Å². The standard InChI is InChI=1S/C20H23N5O2/c1-5-11-23-18(26)16-17(22(4)20(23)27)21-19-24(13(2)14(3)25(16)19)12-15-9-7-6-8-10-15/h5-10,16-17H,1,11-12H2,2-4H3. The maximum Gasteiger partial charge on any atom is 0.328 e. The number of hydrogen-bond donors (Lipinski definition) is 0. The predicted octanol–water partition coefficient (Wildman–Crippen LogP) is 2.20. The molecule has 0 spiro atoms. The Balaban J connectivity index is 1.71. The molecule has 3 aliphatic rings. The molecule has 0 radical (unpaired) electrons. The van der Waals surface area contributed by atoms with Gasteiger partial charge in [-0.3, -0.25) is 14.6 Å². The average molecular weight is 365 g/mol. The van der Waals surface area contributed by atoms with Gasteiger partial charge in [-0.05, 0) is 19.4 Å². The van der Waals surface area contributed by atoms with E-state index in [0.717, 1.165) is 22.9 Å². The minimum absolute atomic E-state index is 0.198. The Morgan fingerprint density at radius 2 is 1.81 bits per heavy atom. The summed E-state index contributed by atoms with van der Waals surface area (Å²) in [6.45, 7) is 8.57. The fraction of sp³-hybridized carbons (Fsp3) is 0.350. The summed E-state index contributed by atoms with van der Waals surface area (Å²) < 4.78 is 0. The first-order valence-corrected chi connectivity index (χ1v) is 9.00. The van der Waals surface area contributed by atoms with Gasteiger partial charge in [0.05, 0.1) is 6.54 Å². The molecule has 0 aromatic heterocycles. The summed E-state index contributed by atoms with van der Waals surface area (Å²) in [5.74, 6) is 0.507. The van der Waals surface area contributed by atoms with Gasteiger partial charge in [-0.15, -0.1) is 6.58 Å². The molecule has 140 valence electrons. The zero-order valence-electron chi connectivity index (χ0n) is 15.8. The maximum absolute atomic E-state index is 13.1. The third-order valence-corrected chi connectivity index (χ3v) is 5.50. The zero-order chi connectivity index (χ0) is 19.3. The quantitative estimate of drug-likeness (QED) is 0.768. The highest BCUT2D eigenvalue weighted by Crippen LogP contribution is 2.38. The molecule has 0 saturated carbocycles. The van der Waals surface area contributed by atoms with E-state index in [1.54, 1.807) is 18.0 Å². The van der Waals surface area contributed by atoms with Crippen LogP contribution in [-0.4, -0.2) is 63.3 Å². The molecule has 1 aromatic carbocycles. The van der Waals surface area contributed by atoms with Crippen LogP contribution in [0.5, 0.6) is 0 Å². The van der Waals surface area contributed by atoms with Gasteiger partial charge >= 0.3 is 6.03 Å². The second-order valence-corrected chi connectivity index (χ2v) is 7.03. The number of carbonyl (C=O) groups excluding carboxylic acids is 2. The van der Waals surface area contributed by atoms with Crippen LogP contribution in [0.3, 0.4) is 0 Å². The average Bonchev–Trinajstić information content (AvgIpc) is 3.16. The summed E-state index contributed by atoms with van der Waals surface area (Å²) >= 11 is 0. The second kappa shape index (κ2) is 6.26. The fourth-order valence-corrected chi connectivity index (χ4v) is 3.93. The van der Waals surface area contributed by atoms with Gasteiger partial charge in [0.15, 0.2) is 12.2 Å². The lowest BCUT2D eigenvalue weighted by Gasteiger charge is -2.40. The van der Waals surface area contributed by atoms with Crippen molar-refractivity contribution in [3.63, 3.8) is 0 Å². The third kappa shape index (κ3) is 2.45. The van der Waals surface area contributed by atoms with Gasteiger partial charge < -0.3 is 9.80 Å². The Morgan fingerprint density at radius 1 is 1.11 bits per heavy atom. The molecule has 3 aliphatic heterocycles. The van der Waals surface area contributed by atoms with E-state index in [0.29, 0.717) is 6.54 Å². The van der Waals surface area contributed by atoms with Crippen molar-refractivity contribution in [3.8, 4) is 0 Å². The molecular formula is C20H23N5O2. The second-order valence-electron chi connectivity index (χ2n) is 7.03. The topological polar surface area (TPSA) is 59.5 Å². The third-order valence-electron chi connectivity index (χ3n) is 5.50. The number of benzene rings is 1. The molecule has 1 fully saturated rings. The molecule has 4 rings (SSSR count). The van der Waals surface area contributed by atoms with Crippen molar-refractivity contribution in [2.75, 3.05) is 13.6 Å². The largest absolute Gasteiger partial charge is 0.328 e. The minimum atomic E-state index is -0.529. The fourth-order valence-electron chi connectivity index (χ4n) is 3.93. The Labute approximate surface area is 158 Å². The van der Waals surface area contributed by atoms with Gasteiger partial charge in [-0.1, -0.05) is 36.4 Å². The Kier molecular flexibility index (Phi) is 4.02. The predicted molar refractivity (Wildman–Crippen MR) is 102 cm³/mol. The molecular weight excluding hydrogens is 342 g/mol. The van der Waals surface area contributed by atoms with Gasteiger partial charge in [-0.25, -0.2) is 9.79 Å². The van der Waals surface area contributed by atoms with E-state index in [1.165, 1.54) is 4.90 Å². The van der Waals surface area contributed by atoms with Gasteiger partial charge in [-0.2, -0.15) is 0 Å². The highest BCUT2D eigenvalue weighted by molar-refractivity contribution is 6.05. The zero-order valence-corrected chi connectivity index (χ0v) is 15.8. The Hall–Kier alpha value is -3.09. The number of imide groups is 1. The number of likely N-dealkylation sites (N-methyl/N-ethyl adjacent to an activating group) is 1. The van der Waals surface area contributed by atoms with Crippen LogP contribution in [0, 0.1) is 0 Å². The van der Waals surface area contributed by atoms with E-state index in [4.69, 9.17) is 4.99 Å². The number of fused-ring (bicyclic) bond motifs is 3. The van der Waals surface area contributed by atoms with E-state index >= 15 is 0 Å². The lowest BCUT2D eigenvalue weighted by Crippen LogP contribution is -2.64. The summed E-state index contributed by atoms with van der Waals surface area (Å²) in [6, 6.07) is 9.28. The summed E-state index contributed by atoms with van der Waals surface area (Å²) in [4.78, 5) is 37.3. The number of guanidine groups is 1. The molecule has 1 saturated heterocycles. The molecule has 27 heavy (non-hydrogen) atoms. The lowest BCUT2D eigenvalue weighted by atomic mass is 10.1. The molecule has 7 nitrogen and oxygen atoms in total. The van der Waals surface area contributed by atoms with E-state index in [-0.39, 0.29) is 18.5 Å². The molecule has 0 aliphatic carbocycles. The summed E-state index contributed by atoms with van der Waals surface area (Å²) in [7, 11) is 1.70. The van der Waals surface area contributed by atoms with E-state index < -0.39 is 12.2 Å². The first kappa shape index (κ1) is 17.3. The molecule has 0 bridgehead atoms. The van der Waals surface area contributed by atoms with Crippen molar-refractivity contribution in [1.82, 2.24) is 19.6 Å².